The first-order valence-electron chi connectivity index (χ1n) is 5.91. The van der Waals surface area contributed by atoms with Gasteiger partial charge in [-0.15, -0.1) is 0 Å². The van der Waals surface area contributed by atoms with Crippen molar-refractivity contribution in [1.82, 2.24) is 0 Å². The van der Waals surface area contributed by atoms with Gasteiger partial charge in [0.15, 0.2) is 0 Å². The molecule has 0 fully saturated rings. The molecule has 0 N–H and O–H groups in total. The Balaban J connectivity index is 3.06. The quantitative estimate of drug-likeness (QED) is 0.468. The molecule has 0 aliphatic rings. The van der Waals surface area contributed by atoms with E-state index in [2.05, 4.69) is 4.40 Å². The minimum Gasteiger partial charge on any atom is -0.591 e. The zero-order chi connectivity index (χ0) is 15.6. The lowest BCUT2D eigenvalue weighted by atomic mass is 10.1. The second kappa shape index (κ2) is 6.13. The Morgan fingerprint density at radius 1 is 1.30 bits per heavy atom. The average Bonchev–Trinajstić information content (AvgIpc) is 2.35. The number of nitrogens with zero attached hydrogens (tertiary/aromatic N) is 1. The molecule has 0 saturated carbocycles. The maximum absolute atomic E-state index is 13.7. The molecule has 112 valence electrons. The van der Waals surface area contributed by atoms with Crippen LogP contribution in [0.4, 0.5) is 17.6 Å². The molecule has 1 atom stereocenters. The first-order valence-corrected chi connectivity index (χ1v) is 7.02. The van der Waals surface area contributed by atoms with Crippen molar-refractivity contribution in [2.75, 3.05) is 0 Å². The number of alkyl halides is 3. The number of rotatable bonds is 4. The van der Waals surface area contributed by atoms with Crippen LogP contribution in [0.1, 0.15) is 38.3 Å². The minimum absolute atomic E-state index is 0.333. The van der Waals surface area contributed by atoms with Crippen molar-refractivity contribution in [3.05, 3.63) is 35.1 Å². The van der Waals surface area contributed by atoms with E-state index < -0.39 is 33.7 Å². The van der Waals surface area contributed by atoms with Crippen LogP contribution in [0.2, 0.25) is 0 Å². The van der Waals surface area contributed by atoms with Crippen molar-refractivity contribution in [2.45, 2.75) is 38.1 Å². The van der Waals surface area contributed by atoms with Gasteiger partial charge in [0.2, 0.25) is 0 Å². The van der Waals surface area contributed by atoms with Gasteiger partial charge in [0.25, 0.3) is 0 Å². The lowest BCUT2D eigenvalue weighted by Crippen LogP contribution is -2.29. The van der Waals surface area contributed by atoms with Crippen LogP contribution in [0.5, 0.6) is 0 Å². The molecule has 7 heteroatoms. The van der Waals surface area contributed by atoms with Crippen LogP contribution >= 0.6 is 0 Å². The summed E-state index contributed by atoms with van der Waals surface area (Å²) in [6, 6.07) is 2.89. The second-order valence-electron chi connectivity index (χ2n) is 4.80. The van der Waals surface area contributed by atoms with E-state index in [4.69, 9.17) is 0 Å². The molecule has 20 heavy (non-hydrogen) atoms. The molecule has 0 heterocycles. The lowest BCUT2D eigenvalue weighted by molar-refractivity contribution is -0.140. The van der Waals surface area contributed by atoms with Crippen LogP contribution in [0.15, 0.2) is 22.6 Å². The van der Waals surface area contributed by atoms with Gasteiger partial charge < -0.3 is 4.55 Å². The number of benzene rings is 1. The maximum Gasteiger partial charge on any atom is 0.419 e. The van der Waals surface area contributed by atoms with Gasteiger partial charge in [0, 0.05) is 5.56 Å². The molecular formula is C13H15F4NOS. The summed E-state index contributed by atoms with van der Waals surface area (Å²) in [7, 11) is 0. The predicted molar refractivity (Wildman–Crippen MR) is 71.5 cm³/mol. The molecule has 1 aromatic carbocycles. The van der Waals surface area contributed by atoms with Crippen molar-refractivity contribution in [2.24, 2.45) is 4.40 Å². The Morgan fingerprint density at radius 2 is 1.90 bits per heavy atom. The monoisotopic (exact) mass is 309 g/mol. The molecule has 0 amide bonds. The Labute approximate surface area is 118 Å². The lowest BCUT2D eigenvalue weighted by Gasteiger charge is -2.21. The van der Waals surface area contributed by atoms with E-state index in [1.807, 2.05) is 6.92 Å². The van der Waals surface area contributed by atoms with Gasteiger partial charge >= 0.3 is 6.18 Å². The Bertz CT molecular complexity index is 500. The highest BCUT2D eigenvalue weighted by molar-refractivity contribution is 7.91. The zero-order valence-electron chi connectivity index (χ0n) is 11.3. The Hall–Kier alpha value is -1.08. The zero-order valence-corrected chi connectivity index (χ0v) is 12.1. The average molecular weight is 309 g/mol. The fourth-order valence-electron chi connectivity index (χ4n) is 1.24. The topological polar surface area (TPSA) is 35.4 Å². The van der Waals surface area contributed by atoms with Crippen molar-refractivity contribution < 1.29 is 22.1 Å². The second-order valence-corrected chi connectivity index (χ2v) is 6.62. The number of hydrogen-bond donors (Lipinski definition) is 0. The van der Waals surface area contributed by atoms with E-state index in [-0.39, 0.29) is 5.56 Å². The molecule has 0 aliphatic heterocycles. The van der Waals surface area contributed by atoms with Crippen LogP contribution in [0.3, 0.4) is 0 Å². The highest BCUT2D eigenvalue weighted by atomic mass is 32.2. The van der Waals surface area contributed by atoms with Crippen molar-refractivity contribution in [1.29, 1.82) is 0 Å². The van der Waals surface area contributed by atoms with Crippen molar-refractivity contribution in [3.8, 4) is 0 Å². The summed E-state index contributed by atoms with van der Waals surface area (Å²) in [5.41, 5.74) is -1.69. The maximum atomic E-state index is 13.7. The third-order valence-corrected chi connectivity index (χ3v) is 4.48. The number of halogens is 4. The van der Waals surface area contributed by atoms with E-state index >= 15 is 0 Å². The fourth-order valence-corrected chi connectivity index (χ4v) is 1.98. The number of hydrogen-bond acceptors (Lipinski definition) is 2. The molecule has 0 bridgehead atoms. The molecule has 1 rings (SSSR count). The SMILES string of the molecule is CCC(C)(C)[S+]([O-])N=Cc1cccc(C(F)(F)F)c1F. The predicted octanol–water partition coefficient (Wildman–Crippen LogP) is 4.12. The molecule has 1 aromatic rings. The van der Waals surface area contributed by atoms with Crippen LogP contribution in [-0.2, 0) is 17.5 Å². The third-order valence-electron chi connectivity index (χ3n) is 2.95. The molecule has 2 nitrogen and oxygen atoms in total. The van der Waals surface area contributed by atoms with Gasteiger partial charge in [-0.2, -0.15) is 13.2 Å². The van der Waals surface area contributed by atoms with E-state index in [1.54, 1.807) is 13.8 Å². The van der Waals surface area contributed by atoms with Crippen molar-refractivity contribution >= 4 is 17.6 Å². The third kappa shape index (κ3) is 3.96. The smallest absolute Gasteiger partial charge is 0.419 e. The highest BCUT2D eigenvalue weighted by Crippen LogP contribution is 2.32. The summed E-state index contributed by atoms with van der Waals surface area (Å²) in [5.74, 6) is -1.41. The van der Waals surface area contributed by atoms with Crippen LogP contribution in [-0.4, -0.2) is 15.5 Å². The molecule has 0 aromatic heterocycles. The fraction of sp³-hybridized carbons (Fsp3) is 0.462. The summed E-state index contributed by atoms with van der Waals surface area (Å²) in [6.07, 6.45) is -3.31. The normalized spacial score (nSPS) is 14.8. The van der Waals surface area contributed by atoms with E-state index in [0.29, 0.717) is 12.5 Å². The van der Waals surface area contributed by atoms with Crippen LogP contribution < -0.4 is 0 Å². The van der Waals surface area contributed by atoms with Crippen molar-refractivity contribution in [3.63, 3.8) is 0 Å². The van der Waals surface area contributed by atoms with Gasteiger partial charge in [0.1, 0.15) is 21.9 Å². The molecule has 0 aliphatic carbocycles. The molecule has 0 radical (unpaired) electrons. The first-order chi connectivity index (χ1) is 9.09. The summed E-state index contributed by atoms with van der Waals surface area (Å²) in [5, 5.41) is 0. The Kier molecular flexibility index (Phi) is 5.21. The van der Waals surface area contributed by atoms with Gasteiger partial charge in [0.05, 0.1) is 11.8 Å². The van der Waals surface area contributed by atoms with Gasteiger partial charge in [-0.3, -0.25) is 0 Å². The standard InChI is InChI=1S/C13H15F4NOS/c1-4-12(2,3)20(19)18-8-9-6-5-7-10(11(9)14)13(15,16)17/h5-8H,4H2,1-3H3. The summed E-state index contributed by atoms with van der Waals surface area (Å²) in [6.45, 7) is 5.24. The van der Waals surface area contributed by atoms with Gasteiger partial charge in [-0.25, -0.2) is 4.39 Å². The minimum atomic E-state index is -4.77. The molecular weight excluding hydrogens is 294 g/mol. The summed E-state index contributed by atoms with van der Waals surface area (Å²) < 4.78 is 66.1. The largest absolute Gasteiger partial charge is 0.591 e. The molecule has 0 saturated heterocycles. The summed E-state index contributed by atoms with van der Waals surface area (Å²) in [4.78, 5) is 0. The van der Waals surface area contributed by atoms with E-state index in [0.717, 1.165) is 18.3 Å². The van der Waals surface area contributed by atoms with Crippen LogP contribution in [0.25, 0.3) is 0 Å². The van der Waals surface area contributed by atoms with Crippen LogP contribution in [0, 0.1) is 5.82 Å². The first kappa shape index (κ1) is 17.0. The molecule has 1 unspecified atom stereocenters. The van der Waals surface area contributed by atoms with E-state index in [9.17, 15) is 22.1 Å². The molecule has 0 spiro atoms. The van der Waals surface area contributed by atoms with E-state index in [1.165, 1.54) is 0 Å². The Morgan fingerprint density at radius 3 is 2.40 bits per heavy atom. The van der Waals surface area contributed by atoms with Gasteiger partial charge in [-0.1, -0.05) is 23.5 Å². The van der Waals surface area contributed by atoms with Gasteiger partial charge in [-0.05, 0) is 26.3 Å². The summed E-state index contributed by atoms with van der Waals surface area (Å²) >= 11 is -1.65. The highest BCUT2D eigenvalue weighted by Gasteiger charge is 2.35.